The van der Waals surface area contributed by atoms with E-state index >= 15 is 0 Å². The number of hydrogen-bond donors (Lipinski definition) is 3. The van der Waals surface area contributed by atoms with E-state index in [9.17, 15) is 19.2 Å². The molecule has 9 nitrogen and oxygen atoms in total. The van der Waals surface area contributed by atoms with Gasteiger partial charge in [-0.15, -0.1) is 0 Å². The first-order chi connectivity index (χ1) is 17.0. The van der Waals surface area contributed by atoms with Crippen molar-refractivity contribution in [2.45, 2.75) is 97.2 Å². The van der Waals surface area contributed by atoms with Crippen LogP contribution in [-0.4, -0.2) is 53.4 Å². The second-order valence-corrected chi connectivity index (χ2v) is 9.92. The third-order valence-corrected chi connectivity index (χ3v) is 5.43. The van der Waals surface area contributed by atoms with Gasteiger partial charge in [-0.25, -0.2) is 4.79 Å². The van der Waals surface area contributed by atoms with Crippen LogP contribution in [0.4, 0.5) is 4.79 Å². The van der Waals surface area contributed by atoms with Gasteiger partial charge in [-0.3, -0.25) is 14.4 Å². The number of carbonyl (C=O) groups excluding carboxylic acids is 4. The molecule has 0 saturated heterocycles. The molecule has 1 aromatic carbocycles. The molecule has 4 N–H and O–H groups in total. The Kier molecular flexibility index (Phi) is 13.6. The summed E-state index contributed by atoms with van der Waals surface area (Å²) >= 11 is 0. The van der Waals surface area contributed by atoms with Crippen LogP contribution in [0.5, 0.6) is 0 Å². The highest BCUT2D eigenvalue weighted by Gasteiger charge is 2.36. The lowest BCUT2D eigenvalue weighted by Crippen LogP contribution is -2.54. The number of nitrogens with zero attached hydrogens (tertiary/aromatic N) is 1. The smallest absolute Gasteiger partial charge is 0.408 e. The Balaban J connectivity index is 3.37. The number of primary amides is 1. The first-order valence-electron chi connectivity index (χ1n) is 12.9. The molecule has 4 amide bonds. The molecule has 2 atom stereocenters. The molecular formula is C27H44N4O5. The van der Waals surface area contributed by atoms with Crippen molar-refractivity contribution in [3.05, 3.63) is 35.9 Å². The maximum Gasteiger partial charge on any atom is 0.408 e. The second-order valence-electron chi connectivity index (χ2n) is 9.92. The molecule has 0 fully saturated rings. The minimum atomic E-state index is -1.27. The average Bonchev–Trinajstić information content (AvgIpc) is 2.79. The fraction of sp³-hybridized carbons (Fsp3) is 0.630. The van der Waals surface area contributed by atoms with Crippen LogP contribution in [0.3, 0.4) is 0 Å². The highest BCUT2D eigenvalue weighted by Crippen LogP contribution is 2.24. The topological polar surface area (TPSA) is 131 Å². The van der Waals surface area contributed by atoms with Gasteiger partial charge in [-0.1, -0.05) is 69.9 Å². The van der Waals surface area contributed by atoms with Gasteiger partial charge in [-0.2, -0.15) is 0 Å². The Hall–Kier alpha value is -3.10. The number of nitrogens with one attached hydrogen (secondary N) is 2. The van der Waals surface area contributed by atoms with Crippen LogP contribution in [-0.2, 0) is 19.1 Å². The molecule has 0 aliphatic rings. The number of unbranched alkanes of at least 4 members (excludes halogenated alkanes) is 4. The summed E-state index contributed by atoms with van der Waals surface area (Å²) in [6.07, 6.45) is 4.01. The number of benzene rings is 1. The van der Waals surface area contributed by atoms with Crippen LogP contribution in [0.1, 0.15) is 91.2 Å². The van der Waals surface area contributed by atoms with E-state index in [2.05, 4.69) is 17.6 Å². The minimum absolute atomic E-state index is 0.283. The second kappa shape index (κ2) is 15.8. The summed E-state index contributed by atoms with van der Waals surface area (Å²) in [6, 6.07) is 6.85. The molecule has 0 aromatic heterocycles. The van der Waals surface area contributed by atoms with Crippen LogP contribution in [0.15, 0.2) is 30.3 Å². The quantitative estimate of drug-likeness (QED) is 0.313. The molecule has 202 valence electrons. The number of amides is 4. The summed E-state index contributed by atoms with van der Waals surface area (Å²) in [5, 5.41) is 5.43. The van der Waals surface area contributed by atoms with E-state index in [4.69, 9.17) is 10.5 Å². The lowest BCUT2D eigenvalue weighted by atomic mass is 10.0. The van der Waals surface area contributed by atoms with Crippen LogP contribution >= 0.6 is 0 Å². The van der Waals surface area contributed by atoms with Crippen molar-refractivity contribution >= 4 is 23.8 Å². The van der Waals surface area contributed by atoms with Crippen LogP contribution in [0.2, 0.25) is 0 Å². The summed E-state index contributed by atoms with van der Waals surface area (Å²) in [5.74, 6) is -1.62. The van der Waals surface area contributed by atoms with Crippen LogP contribution in [0, 0.1) is 0 Å². The molecule has 2 unspecified atom stereocenters. The first-order valence-corrected chi connectivity index (χ1v) is 12.9. The molecule has 0 saturated carbocycles. The summed E-state index contributed by atoms with van der Waals surface area (Å²) in [5.41, 5.74) is 5.27. The van der Waals surface area contributed by atoms with Gasteiger partial charge in [0.2, 0.25) is 17.7 Å². The van der Waals surface area contributed by atoms with Crippen molar-refractivity contribution in [1.82, 2.24) is 15.5 Å². The molecule has 0 heterocycles. The van der Waals surface area contributed by atoms with Gasteiger partial charge in [0.25, 0.3) is 0 Å². The average molecular weight is 505 g/mol. The van der Waals surface area contributed by atoms with E-state index in [1.165, 1.54) is 4.90 Å². The highest BCUT2D eigenvalue weighted by atomic mass is 16.6. The van der Waals surface area contributed by atoms with E-state index < -0.39 is 42.0 Å². The minimum Gasteiger partial charge on any atom is -0.444 e. The number of carbonyl (C=O) groups is 4. The van der Waals surface area contributed by atoms with Gasteiger partial charge in [0.05, 0.1) is 6.42 Å². The lowest BCUT2D eigenvalue weighted by molar-refractivity contribution is -0.143. The summed E-state index contributed by atoms with van der Waals surface area (Å²) in [6.45, 7) is 9.98. The Morgan fingerprint density at radius 3 is 2.17 bits per heavy atom. The summed E-state index contributed by atoms with van der Waals surface area (Å²) < 4.78 is 5.30. The van der Waals surface area contributed by atoms with E-state index in [1.54, 1.807) is 45.0 Å². The van der Waals surface area contributed by atoms with Gasteiger partial charge in [-0.05, 0) is 39.2 Å². The zero-order valence-electron chi connectivity index (χ0n) is 22.5. The van der Waals surface area contributed by atoms with E-state index in [0.717, 1.165) is 32.1 Å². The van der Waals surface area contributed by atoms with Crippen molar-refractivity contribution in [3.8, 4) is 0 Å². The fourth-order valence-corrected chi connectivity index (χ4v) is 3.72. The van der Waals surface area contributed by atoms with Gasteiger partial charge in [0, 0.05) is 13.1 Å². The largest absolute Gasteiger partial charge is 0.444 e. The molecule has 9 heteroatoms. The summed E-state index contributed by atoms with van der Waals surface area (Å²) in [4.78, 5) is 53.0. The predicted octanol–water partition coefficient (Wildman–Crippen LogP) is 3.82. The zero-order valence-corrected chi connectivity index (χ0v) is 22.5. The Morgan fingerprint density at radius 1 is 0.972 bits per heavy atom. The van der Waals surface area contributed by atoms with E-state index in [1.807, 2.05) is 13.0 Å². The number of hydrogen-bond acceptors (Lipinski definition) is 5. The van der Waals surface area contributed by atoms with Gasteiger partial charge < -0.3 is 26.0 Å². The molecule has 0 aliphatic carbocycles. The maximum absolute atomic E-state index is 13.9. The van der Waals surface area contributed by atoms with Crippen LogP contribution in [0.25, 0.3) is 0 Å². The van der Waals surface area contributed by atoms with E-state index in [-0.39, 0.29) is 12.5 Å². The fourth-order valence-electron chi connectivity index (χ4n) is 3.72. The highest BCUT2D eigenvalue weighted by molar-refractivity contribution is 5.94. The van der Waals surface area contributed by atoms with Crippen molar-refractivity contribution in [3.63, 3.8) is 0 Å². The lowest BCUT2D eigenvalue weighted by Gasteiger charge is -2.34. The van der Waals surface area contributed by atoms with Crippen molar-refractivity contribution < 1.29 is 23.9 Å². The van der Waals surface area contributed by atoms with E-state index in [0.29, 0.717) is 18.5 Å². The zero-order chi connectivity index (χ0) is 27.1. The van der Waals surface area contributed by atoms with Crippen LogP contribution < -0.4 is 16.4 Å². The molecule has 0 spiro atoms. The Morgan fingerprint density at radius 2 is 1.61 bits per heavy atom. The normalized spacial score (nSPS) is 12.8. The number of nitrogens with two attached hydrogens (primary N) is 1. The first kappa shape index (κ1) is 30.9. The number of ether oxygens (including phenoxy) is 1. The van der Waals surface area contributed by atoms with Crippen molar-refractivity contribution in [2.24, 2.45) is 5.73 Å². The summed E-state index contributed by atoms with van der Waals surface area (Å²) in [7, 11) is 0. The van der Waals surface area contributed by atoms with Crippen molar-refractivity contribution in [1.29, 1.82) is 0 Å². The SMILES string of the molecule is CCCCCCN(C(=O)C(CC(N)=O)NC(=O)OC(C)(C)C)C(C(=O)NCCCC)c1ccccc1. The molecule has 0 aliphatic heterocycles. The third-order valence-electron chi connectivity index (χ3n) is 5.43. The standard InChI is InChI=1S/C27H44N4O5/c1-6-8-10-14-18-31(23(20-15-12-11-13-16-20)24(33)29-17-9-7-2)25(34)21(19-22(28)32)30-26(35)36-27(3,4)5/h11-13,15-16,21,23H,6-10,14,17-19H2,1-5H3,(H2,28,32)(H,29,33)(H,30,35). The number of alkyl carbamates (subject to hydrolysis) is 1. The predicted molar refractivity (Wildman–Crippen MR) is 140 cm³/mol. The molecule has 0 bridgehead atoms. The molecule has 1 aromatic rings. The van der Waals surface area contributed by atoms with Crippen molar-refractivity contribution in [2.75, 3.05) is 13.1 Å². The molecule has 1 rings (SSSR count). The number of rotatable bonds is 15. The monoisotopic (exact) mass is 504 g/mol. The Labute approximate surface area is 215 Å². The maximum atomic E-state index is 13.9. The van der Waals surface area contributed by atoms with Gasteiger partial charge in [0.15, 0.2) is 0 Å². The third kappa shape index (κ3) is 11.6. The molecule has 36 heavy (non-hydrogen) atoms. The van der Waals surface area contributed by atoms with Gasteiger partial charge >= 0.3 is 6.09 Å². The Bertz CT molecular complexity index is 838. The molecule has 0 radical (unpaired) electrons. The van der Waals surface area contributed by atoms with Gasteiger partial charge in [0.1, 0.15) is 17.7 Å². The molecular weight excluding hydrogens is 460 g/mol.